The van der Waals surface area contributed by atoms with E-state index in [0.717, 1.165) is 12.1 Å². The molecule has 0 aliphatic rings. The lowest BCUT2D eigenvalue weighted by Crippen LogP contribution is -2.07. The summed E-state index contributed by atoms with van der Waals surface area (Å²) >= 11 is 0. The highest BCUT2D eigenvalue weighted by atomic mass is 32.3. The Labute approximate surface area is 68.5 Å². The molecular weight excluding hydrogens is 187 g/mol. The van der Waals surface area contributed by atoms with E-state index in [-0.39, 0.29) is 0 Å². The Morgan fingerprint density at radius 3 is 2.42 bits per heavy atom. The third-order valence-corrected chi connectivity index (χ3v) is 1.42. The van der Waals surface area contributed by atoms with Crippen molar-refractivity contribution in [2.45, 2.75) is 0 Å². The summed E-state index contributed by atoms with van der Waals surface area (Å²) in [5.74, 6) is -1.38. The van der Waals surface area contributed by atoms with E-state index < -0.39 is 22.0 Å². The Kier molecular flexibility index (Phi) is 2.30. The van der Waals surface area contributed by atoms with Crippen molar-refractivity contribution < 1.29 is 21.5 Å². The minimum Gasteiger partial charge on any atom is -0.359 e. The second-order valence-corrected chi connectivity index (χ2v) is 2.96. The first-order chi connectivity index (χ1) is 5.49. The zero-order valence-electron chi connectivity index (χ0n) is 5.77. The molecule has 0 aliphatic carbocycles. The standard InChI is InChI=1S/C6H5FO4S/c7-5-3-1-2-4-6(5)11-12(8,9)10/h1-4H,(H,8,9,10). The third-order valence-electron chi connectivity index (χ3n) is 1.03. The van der Waals surface area contributed by atoms with E-state index in [9.17, 15) is 12.8 Å². The van der Waals surface area contributed by atoms with Crippen molar-refractivity contribution in [3.63, 3.8) is 0 Å². The maximum atomic E-state index is 12.6. The predicted octanol–water partition coefficient (Wildman–Crippen LogP) is 1.01. The lowest BCUT2D eigenvalue weighted by molar-refractivity contribution is 0.376. The van der Waals surface area contributed by atoms with E-state index >= 15 is 0 Å². The van der Waals surface area contributed by atoms with Gasteiger partial charge in [0.1, 0.15) is 0 Å². The molecule has 4 nitrogen and oxygen atoms in total. The van der Waals surface area contributed by atoms with Crippen LogP contribution in [-0.2, 0) is 10.4 Å². The Morgan fingerprint density at radius 2 is 1.92 bits per heavy atom. The number of rotatable bonds is 2. The molecule has 0 bridgehead atoms. The predicted molar refractivity (Wildman–Crippen MR) is 38.6 cm³/mol. The molecule has 0 aromatic heterocycles. The van der Waals surface area contributed by atoms with Crippen molar-refractivity contribution in [3.05, 3.63) is 30.1 Å². The smallest absolute Gasteiger partial charge is 0.359 e. The number of hydrogen-bond acceptors (Lipinski definition) is 3. The van der Waals surface area contributed by atoms with Gasteiger partial charge in [-0.2, -0.15) is 8.42 Å². The molecule has 1 rings (SSSR count). The number of benzene rings is 1. The van der Waals surface area contributed by atoms with Crippen molar-refractivity contribution >= 4 is 10.4 Å². The minimum absolute atomic E-state index is 0.528. The summed E-state index contributed by atoms with van der Waals surface area (Å²) in [5, 5.41) is 0. The van der Waals surface area contributed by atoms with Gasteiger partial charge < -0.3 is 4.18 Å². The lowest BCUT2D eigenvalue weighted by Gasteiger charge is -2.00. The van der Waals surface area contributed by atoms with Crippen LogP contribution in [0.15, 0.2) is 24.3 Å². The molecule has 0 spiro atoms. The van der Waals surface area contributed by atoms with E-state index in [1.807, 2.05) is 0 Å². The first-order valence-corrected chi connectivity index (χ1v) is 4.27. The van der Waals surface area contributed by atoms with Crippen LogP contribution in [0.2, 0.25) is 0 Å². The molecule has 0 unspecified atom stereocenters. The Morgan fingerprint density at radius 1 is 1.33 bits per heavy atom. The van der Waals surface area contributed by atoms with E-state index in [4.69, 9.17) is 4.55 Å². The third kappa shape index (κ3) is 2.48. The molecule has 6 heteroatoms. The van der Waals surface area contributed by atoms with E-state index in [0.29, 0.717) is 0 Å². The average Bonchev–Trinajstić information content (AvgIpc) is 1.91. The number of hydrogen-bond donors (Lipinski definition) is 1. The molecule has 0 aliphatic heterocycles. The van der Waals surface area contributed by atoms with Gasteiger partial charge in [-0.15, -0.1) is 0 Å². The summed E-state index contributed by atoms with van der Waals surface area (Å²) in [7, 11) is -4.64. The molecule has 66 valence electrons. The second-order valence-electron chi connectivity index (χ2n) is 1.94. The second kappa shape index (κ2) is 3.08. The largest absolute Gasteiger partial charge is 0.446 e. The van der Waals surface area contributed by atoms with Gasteiger partial charge in [0, 0.05) is 0 Å². The van der Waals surface area contributed by atoms with Gasteiger partial charge in [0.15, 0.2) is 11.6 Å². The van der Waals surface area contributed by atoms with Crippen molar-refractivity contribution in [2.75, 3.05) is 0 Å². The first kappa shape index (κ1) is 8.95. The van der Waals surface area contributed by atoms with Crippen LogP contribution in [0.5, 0.6) is 5.75 Å². The molecule has 0 atom stereocenters. The van der Waals surface area contributed by atoms with Gasteiger partial charge in [-0.05, 0) is 12.1 Å². The normalized spacial score (nSPS) is 11.2. The molecule has 1 N–H and O–H groups in total. The van der Waals surface area contributed by atoms with Crippen LogP contribution in [0.1, 0.15) is 0 Å². The van der Waals surface area contributed by atoms with Crippen LogP contribution in [0, 0.1) is 5.82 Å². The number of halogens is 1. The minimum atomic E-state index is -4.64. The molecule has 0 amide bonds. The summed E-state index contributed by atoms with van der Waals surface area (Å²) < 4.78 is 44.9. The van der Waals surface area contributed by atoms with Gasteiger partial charge in [0.05, 0.1) is 0 Å². The van der Waals surface area contributed by atoms with Gasteiger partial charge in [0.25, 0.3) is 0 Å². The molecule has 1 aromatic rings. The molecule has 0 saturated heterocycles. The molecule has 1 aromatic carbocycles. The topological polar surface area (TPSA) is 63.6 Å². The van der Waals surface area contributed by atoms with E-state index in [1.54, 1.807) is 0 Å². The van der Waals surface area contributed by atoms with Gasteiger partial charge in [-0.25, -0.2) is 4.39 Å². The molecule has 0 radical (unpaired) electrons. The van der Waals surface area contributed by atoms with Crippen molar-refractivity contribution in [3.8, 4) is 5.75 Å². The van der Waals surface area contributed by atoms with Gasteiger partial charge in [0.2, 0.25) is 0 Å². The summed E-state index contributed by atoms with van der Waals surface area (Å²) in [6, 6.07) is 4.85. The van der Waals surface area contributed by atoms with Crippen molar-refractivity contribution in [2.24, 2.45) is 0 Å². The van der Waals surface area contributed by atoms with Gasteiger partial charge >= 0.3 is 10.4 Å². The lowest BCUT2D eigenvalue weighted by atomic mass is 10.3. The van der Waals surface area contributed by atoms with Crippen LogP contribution in [0.3, 0.4) is 0 Å². The quantitative estimate of drug-likeness (QED) is 0.710. The highest BCUT2D eigenvalue weighted by molar-refractivity contribution is 7.81. The molecule has 0 fully saturated rings. The number of para-hydroxylation sites is 1. The highest BCUT2D eigenvalue weighted by Gasteiger charge is 2.09. The van der Waals surface area contributed by atoms with Crippen LogP contribution >= 0.6 is 0 Å². The van der Waals surface area contributed by atoms with Crippen LogP contribution in [0.25, 0.3) is 0 Å². The SMILES string of the molecule is O=S(=O)(O)Oc1ccccc1F. The van der Waals surface area contributed by atoms with Gasteiger partial charge in [-0.3, -0.25) is 4.55 Å². The van der Waals surface area contributed by atoms with E-state index in [2.05, 4.69) is 4.18 Å². The Hall–Kier alpha value is -1.14. The summed E-state index contributed by atoms with van der Waals surface area (Å²) in [4.78, 5) is 0. The van der Waals surface area contributed by atoms with Crippen molar-refractivity contribution in [1.29, 1.82) is 0 Å². The fourth-order valence-corrected chi connectivity index (χ4v) is 0.988. The first-order valence-electron chi connectivity index (χ1n) is 2.90. The Balaban J connectivity index is 2.98. The fourth-order valence-electron chi connectivity index (χ4n) is 0.626. The van der Waals surface area contributed by atoms with Crippen molar-refractivity contribution in [1.82, 2.24) is 0 Å². The molecular formula is C6H5FO4S. The Bertz CT molecular complexity index is 373. The maximum Gasteiger partial charge on any atom is 0.446 e. The molecule has 12 heavy (non-hydrogen) atoms. The summed E-state index contributed by atoms with van der Waals surface area (Å²) in [6.45, 7) is 0. The molecule has 0 saturated carbocycles. The summed E-state index contributed by atoms with van der Waals surface area (Å²) in [5.41, 5.74) is 0. The van der Waals surface area contributed by atoms with Crippen LogP contribution in [-0.4, -0.2) is 13.0 Å². The monoisotopic (exact) mass is 192 g/mol. The average molecular weight is 192 g/mol. The fraction of sp³-hybridized carbons (Fsp3) is 0. The maximum absolute atomic E-state index is 12.6. The zero-order valence-corrected chi connectivity index (χ0v) is 6.58. The van der Waals surface area contributed by atoms with Crippen LogP contribution in [0.4, 0.5) is 4.39 Å². The van der Waals surface area contributed by atoms with E-state index in [1.165, 1.54) is 12.1 Å². The zero-order chi connectivity index (χ0) is 9.19. The van der Waals surface area contributed by atoms with Crippen LogP contribution < -0.4 is 4.18 Å². The summed E-state index contributed by atoms with van der Waals surface area (Å²) in [6.07, 6.45) is 0. The van der Waals surface area contributed by atoms with Gasteiger partial charge in [-0.1, -0.05) is 12.1 Å². The molecule has 0 heterocycles. The highest BCUT2D eigenvalue weighted by Crippen LogP contribution is 2.16.